The van der Waals surface area contributed by atoms with Gasteiger partial charge in [-0.15, -0.1) is 0 Å². The first-order chi connectivity index (χ1) is 8.45. The molecule has 102 valence electrons. The monoisotopic (exact) mass is 253 g/mol. The van der Waals surface area contributed by atoms with E-state index in [0.717, 1.165) is 30.6 Å². The van der Waals surface area contributed by atoms with Crippen molar-refractivity contribution in [3.63, 3.8) is 0 Å². The molecule has 0 saturated heterocycles. The van der Waals surface area contributed by atoms with E-state index in [0.29, 0.717) is 12.4 Å². The van der Waals surface area contributed by atoms with Crippen LogP contribution in [0.4, 0.5) is 5.82 Å². The van der Waals surface area contributed by atoms with Gasteiger partial charge in [0.05, 0.1) is 12.2 Å². The van der Waals surface area contributed by atoms with E-state index in [4.69, 9.17) is 11.5 Å². The summed E-state index contributed by atoms with van der Waals surface area (Å²) in [7, 11) is 1.82. The summed E-state index contributed by atoms with van der Waals surface area (Å²) in [6, 6.07) is 0. The van der Waals surface area contributed by atoms with Crippen molar-refractivity contribution in [2.45, 2.75) is 33.2 Å². The predicted molar refractivity (Wildman–Crippen MR) is 71.7 cm³/mol. The highest BCUT2D eigenvalue weighted by atomic mass is 16.1. The number of nitrogens with zero attached hydrogens (tertiary/aromatic N) is 3. The lowest BCUT2D eigenvalue weighted by molar-refractivity contribution is -0.119. The fraction of sp³-hybridized carbons (Fsp3) is 0.667. The van der Waals surface area contributed by atoms with Crippen LogP contribution in [-0.4, -0.2) is 33.7 Å². The number of aromatic nitrogens is 2. The molecule has 0 aliphatic carbocycles. The Morgan fingerprint density at radius 2 is 2.17 bits per heavy atom. The van der Waals surface area contributed by atoms with Crippen molar-refractivity contribution in [1.82, 2.24) is 14.7 Å². The number of aryl methyl sites for hydroxylation is 2. The molecule has 0 aromatic carbocycles. The lowest BCUT2D eigenvalue weighted by Gasteiger charge is -2.20. The standard InChI is InChI=1S/C12H23N5O/c1-4-5-6-17(8-11(13)18)7-10-9(2)15-16(3)12(10)14/h4-8,14H2,1-3H3,(H2,13,18). The van der Waals surface area contributed by atoms with Gasteiger partial charge in [0, 0.05) is 19.2 Å². The highest BCUT2D eigenvalue weighted by molar-refractivity contribution is 5.75. The first-order valence-corrected chi connectivity index (χ1v) is 6.24. The zero-order valence-electron chi connectivity index (χ0n) is 11.4. The van der Waals surface area contributed by atoms with Gasteiger partial charge in [-0.1, -0.05) is 13.3 Å². The third kappa shape index (κ3) is 3.73. The summed E-state index contributed by atoms with van der Waals surface area (Å²) in [5.74, 6) is 0.338. The quantitative estimate of drug-likeness (QED) is 0.736. The van der Waals surface area contributed by atoms with Crippen molar-refractivity contribution >= 4 is 11.7 Å². The van der Waals surface area contributed by atoms with Crippen LogP contribution in [0.3, 0.4) is 0 Å². The Hall–Kier alpha value is -1.56. The number of rotatable bonds is 7. The predicted octanol–water partition coefficient (Wildman–Crippen LogP) is 0.398. The molecular weight excluding hydrogens is 230 g/mol. The van der Waals surface area contributed by atoms with Crippen molar-refractivity contribution in [3.05, 3.63) is 11.3 Å². The van der Waals surface area contributed by atoms with Crippen molar-refractivity contribution in [2.75, 3.05) is 18.8 Å². The number of anilines is 1. The van der Waals surface area contributed by atoms with Crippen LogP contribution in [-0.2, 0) is 18.4 Å². The molecule has 1 rings (SSSR count). The molecule has 0 aliphatic heterocycles. The Kier molecular flexibility index (Phi) is 5.15. The van der Waals surface area contributed by atoms with E-state index in [-0.39, 0.29) is 12.5 Å². The Morgan fingerprint density at radius 1 is 1.50 bits per heavy atom. The van der Waals surface area contributed by atoms with Gasteiger partial charge >= 0.3 is 0 Å². The molecule has 1 amide bonds. The van der Waals surface area contributed by atoms with Crippen LogP contribution in [0.5, 0.6) is 0 Å². The van der Waals surface area contributed by atoms with Gasteiger partial charge in [-0.3, -0.25) is 14.4 Å². The molecule has 0 spiro atoms. The van der Waals surface area contributed by atoms with Gasteiger partial charge in [0.25, 0.3) is 0 Å². The van der Waals surface area contributed by atoms with Crippen LogP contribution in [0.1, 0.15) is 31.0 Å². The molecule has 0 bridgehead atoms. The van der Waals surface area contributed by atoms with Crippen LogP contribution in [0, 0.1) is 6.92 Å². The molecule has 0 saturated carbocycles. The summed E-state index contributed by atoms with van der Waals surface area (Å²) in [6.45, 7) is 5.76. The molecule has 0 radical (unpaired) electrons. The molecule has 6 heteroatoms. The average molecular weight is 253 g/mol. The number of nitrogens with two attached hydrogens (primary N) is 2. The lowest BCUT2D eigenvalue weighted by atomic mass is 10.2. The maximum Gasteiger partial charge on any atom is 0.231 e. The molecule has 1 aromatic heterocycles. The molecule has 0 aliphatic rings. The SMILES string of the molecule is CCCCN(CC(N)=O)Cc1c(C)nn(C)c1N. The van der Waals surface area contributed by atoms with Crippen LogP contribution in [0.25, 0.3) is 0 Å². The number of primary amides is 1. The lowest BCUT2D eigenvalue weighted by Crippen LogP contribution is -2.34. The zero-order valence-corrected chi connectivity index (χ0v) is 11.4. The van der Waals surface area contributed by atoms with E-state index in [1.165, 1.54) is 0 Å². The van der Waals surface area contributed by atoms with Gasteiger partial charge < -0.3 is 11.5 Å². The summed E-state index contributed by atoms with van der Waals surface area (Å²) in [5, 5.41) is 4.27. The zero-order chi connectivity index (χ0) is 13.7. The molecule has 0 fully saturated rings. The Labute approximate surface area is 108 Å². The number of hydrogen-bond acceptors (Lipinski definition) is 4. The molecule has 1 heterocycles. The van der Waals surface area contributed by atoms with Crippen molar-refractivity contribution in [2.24, 2.45) is 12.8 Å². The second-order valence-electron chi connectivity index (χ2n) is 4.60. The summed E-state index contributed by atoms with van der Waals surface area (Å²) in [6.07, 6.45) is 2.11. The number of nitrogen functional groups attached to an aromatic ring is 1. The molecular formula is C12H23N5O. The fourth-order valence-electron chi connectivity index (χ4n) is 1.96. The van der Waals surface area contributed by atoms with Crippen LogP contribution >= 0.6 is 0 Å². The van der Waals surface area contributed by atoms with E-state index in [2.05, 4.69) is 12.0 Å². The first kappa shape index (κ1) is 14.5. The van der Waals surface area contributed by atoms with Gasteiger partial charge in [0.1, 0.15) is 5.82 Å². The molecule has 6 nitrogen and oxygen atoms in total. The first-order valence-electron chi connectivity index (χ1n) is 6.24. The number of carbonyl (C=O) groups is 1. The minimum Gasteiger partial charge on any atom is -0.384 e. The highest BCUT2D eigenvalue weighted by Crippen LogP contribution is 2.17. The van der Waals surface area contributed by atoms with E-state index in [1.54, 1.807) is 4.68 Å². The van der Waals surface area contributed by atoms with E-state index < -0.39 is 0 Å². The van der Waals surface area contributed by atoms with E-state index in [1.807, 2.05) is 18.9 Å². The van der Waals surface area contributed by atoms with Crippen LogP contribution in [0.2, 0.25) is 0 Å². The van der Waals surface area contributed by atoms with Crippen molar-refractivity contribution in [1.29, 1.82) is 0 Å². The highest BCUT2D eigenvalue weighted by Gasteiger charge is 2.15. The molecule has 0 atom stereocenters. The minimum absolute atomic E-state index is 0.258. The normalized spacial score (nSPS) is 11.1. The van der Waals surface area contributed by atoms with E-state index >= 15 is 0 Å². The summed E-state index contributed by atoms with van der Waals surface area (Å²) >= 11 is 0. The molecule has 4 N–H and O–H groups in total. The summed E-state index contributed by atoms with van der Waals surface area (Å²) in [4.78, 5) is 13.1. The maximum atomic E-state index is 11.1. The Bertz CT molecular complexity index is 413. The molecule has 0 unspecified atom stereocenters. The van der Waals surface area contributed by atoms with Gasteiger partial charge in [-0.2, -0.15) is 5.10 Å². The smallest absolute Gasteiger partial charge is 0.231 e. The number of amides is 1. The van der Waals surface area contributed by atoms with Crippen molar-refractivity contribution in [3.8, 4) is 0 Å². The maximum absolute atomic E-state index is 11.1. The second-order valence-corrected chi connectivity index (χ2v) is 4.60. The van der Waals surface area contributed by atoms with Gasteiger partial charge in [0.15, 0.2) is 0 Å². The number of carbonyl (C=O) groups excluding carboxylic acids is 1. The van der Waals surface area contributed by atoms with Crippen LogP contribution in [0.15, 0.2) is 0 Å². The summed E-state index contributed by atoms with van der Waals surface area (Å²) in [5.41, 5.74) is 13.1. The number of unbranched alkanes of at least 4 members (excludes halogenated alkanes) is 1. The third-order valence-corrected chi connectivity index (χ3v) is 2.98. The largest absolute Gasteiger partial charge is 0.384 e. The summed E-state index contributed by atoms with van der Waals surface area (Å²) < 4.78 is 1.66. The molecule has 1 aromatic rings. The minimum atomic E-state index is -0.314. The number of hydrogen-bond donors (Lipinski definition) is 2. The van der Waals surface area contributed by atoms with Crippen LogP contribution < -0.4 is 11.5 Å². The topological polar surface area (TPSA) is 90.2 Å². The average Bonchev–Trinajstić information content (AvgIpc) is 2.52. The van der Waals surface area contributed by atoms with Gasteiger partial charge in [-0.25, -0.2) is 0 Å². The fourth-order valence-corrected chi connectivity index (χ4v) is 1.96. The van der Waals surface area contributed by atoms with E-state index in [9.17, 15) is 4.79 Å². The van der Waals surface area contributed by atoms with Gasteiger partial charge in [0.2, 0.25) is 5.91 Å². The Balaban J connectivity index is 2.77. The van der Waals surface area contributed by atoms with Gasteiger partial charge in [-0.05, 0) is 19.9 Å². The second kappa shape index (κ2) is 6.39. The Morgan fingerprint density at radius 3 is 2.61 bits per heavy atom. The molecule has 18 heavy (non-hydrogen) atoms. The van der Waals surface area contributed by atoms with Crippen molar-refractivity contribution < 1.29 is 4.79 Å². The third-order valence-electron chi connectivity index (χ3n) is 2.98.